The minimum Gasteiger partial charge on any atom is -0.495 e. The number of ether oxygens (including phenoxy) is 4. The highest BCUT2D eigenvalue weighted by Crippen LogP contribution is 2.44. The van der Waals surface area contributed by atoms with Gasteiger partial charge in [0.05, 0.1) is 44.3 Å². The number of halogens is 1. The molecule has 57 heavy (non-hydrogen) atoms. The van der Waals surface area contributed by atoms with Gasteiger partial charge in [-0.05, 0) is 36.2 Å². The van der Waals surface area contributed by atoms with Crippen molar-refractivity contribution in [2.45, 2.75) is 141 Å². The zero-order chi connectivity index (χ0) is 41.3. The number of fused-ring (bicyclic) bond motifs is 1. The average Bonchev–Trinajstić information content (AvgIpc) is 3.64. The second-order valence-electron chi connectivity index (χ2n) is 14.2. The van der Waals surface area contributed by atoms with Crippen molar-refractivity contribution in [2.75, 3.05) is 39.3 Å². The van der Waals surface area contributed by atoms with Gasteiger partial charge in [-0.1, -0.05) is 121 Å². The number of hydrogen-bond acceptors (Lipinski definition) is 13. The van der Waals surface area contributed by atoms with Crippen molar-refractivity contribution < 1.29 is 47.7 Å². The van der Waals surface area contributed by atoms with E-state index in [1.54, 1.807) is 24.3 Å². The van der Waals surface area contributed by atoms with E-state index in [-0.39, 0.29) is 31.3 Å². The molecule has 0 amide bonds. The maximum absolute atomic E-state index is 13.0. The number of phosphoric acid groups is 1. The summed E-state index contributed by atoms with van der Waals surface area (Å²) in [5, 5.41) is 35.4. The van der Waals surface area contributed by atoms with Crippen LogP contribution in [0.25, 0.3) is 5.52 Å². The number of nitrogens with two attached hydrogens (primary N) is 1. The van der Waals surface area contributed by atoms with Gasteiger partial charge in [0.15, 0.2) is 11.9 Å². The summed E-state index contributed by atoms with van der Waals surface area (Å²) >= 11 is 6.28. The highest BCUT2D eigenvalue weighted by molar-refractivity contribution is 7.47. The van der Waals surface area contributed by atoms with E-state index >= 15 is 0 Å². The molecule has 1 unspecified atom stereocenters. The van der Waals surface area contributed by atoms with Gasteiger partial charge in [0, 0.05) is 6.61 Å². The molecule has 15 nitrogen and oxygen atoms in total. The fraction of sp³-hybridized carbons (Fsp3) is 0.675. The maximum atomic E-state index is 13.0. The predicted octanol–water partition coefficient (Wildman–Crippen LogP) is 8.23. The third-order valence-electron chi connectivity index (χ3n) is 9.70. The van der Waals surface area contributed by atoms with Gasteiger partial charge in [-0.25, -0.2) is 14.1 Å². The van der Waals surface area contributed by atoms with Gasteiger partial charge in [-0.3, -0.25) is 9.05 Å². The first-order chi connectivity index (χ1) is 27.6. The molecule has 1 aromatic carbocycles. The Bertz CT molecular complexity index is 1650. The van der Waals surface area contributed by atoms with Crippen molar-refractivity contribution in [3.05, 3.63) is 52.9 Å². The summed E-state index contributed by atoms with van der Waals surface area (Å²) in [5.74, 6) is 0.655. The number of benzene rings is 1. The minimum atomic E-state index is -4.79. The van der Waals surface area contributed by atoms with Crippen molar-refractivity contribution in [1.82, 2.24) is 14.6 Å². The summed E-state index contributed by atoms with van der Waals surface area (Å²) in [6.07, 6.45) is 17.2. The molecule has 0 fully saturated rings. The van der Waals surface area contributed by atoms with E-state index in [0.29, 0.717) is 22.9 Å². The van der Waals surface area contributed by atoms with Crippen LogP contribution in [-0.4, -0.2) is 81.6 Å². The first kappa shape index (κ1) is 48.3. The Morgan fingerprint density at radius 2 is 1.51 bits per heavy atom. The summed E-state index contributed by atoms with van der Waals surface area (Å²) in [7, 11) is -3.27. The number of methoxy groups -OCH3 is 1. The van der Waals surface area contributed by atoms with Crippen LogP contribution in [0, 0.1) is 11.5 Å². The van der Waals surface area contributed by atoms with Crippen LogP contribution in [0.4, 0.5) is 5.82 Å². The molecule has 0 saturated heterocycles. The summed E-state index contributed by atoms with van der Waals surface area (Å²) in [4.78, 5) is 14.4. The zero-order valence-corrected chi connectivity index (χ0v) is 35.2. The topological polar surface area (TPSA) is 213 Å². The van der Waals surface area contributed by atoms with E-state index in [1.165, 1.54) is 114 Å². The first-order valence-corrected chi connectivity index (χ1v) is 22.1. The van der Waals surface area contributed by atoms with Crippen LogP contribution in [0.15, 0.2) is 36.7 Å². The number of aliphatic hydroxyl groups excluding tert-OH is 2. The lowest BCUT2D eigenvalue weighted by atomic mass is 10.0. The molecule has 5 atom stereocenters. The molecule has 2 aromatic heterocycles. The summed E-state index contributed by atoms with van der Waals surface area (Å²) in [5.41, 5.74) is 7.08. The third-order valence-corrected chi connectivity index (χ3v) is 10.9. The Morgan fingerprint density at radius 3 is 2.11 bits per heavy atom. The summed E-state index contributed by atoms with van der Waals surface area (Å²) in [6.45, 7) is 1.75. The van der Waals surface area contributed by atoms with E-state index in [0.717, 1.165) is 24.8 Å². The molecule has 3 aromatic rings. The standard InChI is InChI=1S/C40H63ClN5O10P/c1-3-4-5-6-7-8-9-10-11-12-13-14-15-16-17-18-23-52-26-32(53-25-31-19-22-36(51-2)33(41)24-31)27-55-57(49,50)56-28-37(54-29-42)39(48)38(47)34-20-21-35-40(43)44-30-45-46(34)35/h19-22,24,30,32,37-39,47-48H,3-18,23,25-28H2,1-2H3,(H,49,50)(H2,43,44,45)/t32-,37-,38+,39-/m1/s1. The van der Waals surface area contributed by atoms with Gasteiger partial charge in [0.2, 0.25) is 0 Å². The van der Waals surface area contributed by atoms with Gasteiger partial charge in [0.1, 0.15) is 35.9 Å². The van der Waals surface area contributed by atoms with Crippen molar-refractivity contribution in [3.63, 3.8) is 0 Å². The normalized spacial score (nSPS) is 14.8. The number of nitrogen functional groups attached to an aromatic ring is 1. The van der Waals surface area contributed by atoms with E-state index in [9.17, 15) is 24.9 Å². The van der Waals surface area contributed by atoms with Gasteiger partial charge in [-0.15, -0.1) is 0 Å². The Hall–Kier alpha value is -3.03. The van der Waals surface area contributed by atoms with Crippen LogP contribution < -0.4 is 10.5 Å². The molecule has 0 bridgehead atoms. The second-order valence-corrected chi connectivity index (χ2v) is 16.1. The summed E-state index contributed by atoms with van der Waals surface area (Å²) < 4.78 is 46.6. The number of phosphoric ester groups is 1. The molecule has 0 saturated carbocycles. The van der Waals surface area contributed by atoms with E-state index in [2.05, 4.69) is 17.0 Å². The molecule has 5 N–H and O–H groups in total. The number of anilines is 1. The van der Waals surface area contributed by atoms with Crippen molar-refractivity contribution in [1.29, 1.82) is 5.26 Å². The highest BCUT2D eigenvalue weighted by atomic mass is 35.5. The van der Waals surface area contributed by atoms with E-state index in [4.69, 9.17) is 45.3 Å². The Kier molecular flexibility index (Phi) is 23.4. The molecular weight excluding hydrogens is 777 g/mol. The molecule has 0 radical (unpaired) electrons. The third kappa shape index (κ3) is 18.2. The number of hydrogen-bond donors (Lipinski definition) is 4. The number of aliphatic hydroxyl groups is 2. The van der Waals surface area contributed by atoms with Crippen LogP contribution in [-0.2, 0) is 34.4 Å². The van der Waals surface area contributed by atoms with Crippen LogP contribution in [0.1, 0.15) is 127 Å². The van der Waals surface area contributed by atoms with Gasteiger partial charge < -0.3 is 39.8 Å². The van der Waals surface area contributed by atoms with Gasteiger partial charge in [0.25, 0.3) is 6.26 Å². The van der Waals surface area contributed by atoms with Crippen LogP contribution in [0.5, 0.6) is 5.75 Å². The Balaban J connectivity index is 1.42. The average molecular weight is 840 g/mol. The lowest BCUT2D eigenvalue weighted by molar-refractivity contribution is -0.0821. The second kappa shape index (κ2) is 27.6. The zero-order valence-electron chi connectivity index (χ0n) is 33.5. The molecule has 0 aliphatic heterocycles. The monoisotopic (exact) mass is 839 g/mol. The molecule has 3 rings (SSSR count). The smallest absolute Gasteiger partial charge is 0.472 e. The molecule has 0 aliphatic rings. The highest BCUT2D eigenvalue weighted by Gasteiger charge is 2.35. The fourth-order valence-corrected chi connectivity index (χ4v) is 7.40. The van der Waals surface area contributed by atoms with Crippen molar-refractivity contribution >= 4 is 30.8 Å². The maximum Gasteiger partial charge on any atom is 0.472 e. The molecule has 17 heteroatoms. The number of unbranched alkanes of at least 4 members (excludes halogenated alkanes) is 15. The van der Waals surface area contributed by atoms with Crippen LogP contribution in [0.2, 0.25) is 5.02 Å². The van der Waals surface area contributed by atoms with Crippen molar-refractivity contribution in [3.8, 4) is 12.0 Å². The fourth-order valence-electron chi connectivity index (χ4n) is 6.35. The van der Waals surface area contributed by atoms with Crippen molar-refractivity contribution in [2.24, 2.45) is 0 Å². The molecule has 320 valence electrons. The number of nitrogens with zero attached hydrogens (tertiary/aromatic N) is 4. The summed E-state index contributed by atoms with van der Waals surface area (Å²) in [6, 6.07) is 8.20. The number of rotatable bonds is 33. The van der Waals surface area contributed by atoms with Gasteiger partial charge >= 0.3 is 7.82 Å². The molecule has 2 heterocycles. The number of aromatic nitrogens is 3. The van der Waals surface area contributed by atoms with E-state index < -0.39 is 38.8 Å². The van der Waals surface area contributed by atoms with Gasteiger partial charge in [-0.2, -0.15) is 10.4 Å². The molecule has 0 aliphatic carbocycles. The Labute approximate surface area is 342 Å². The largest absolute Gasteiger partial charge is 0.495 e. The predicted molar refractivity (Wildman–Crippen MR) is 218 cm³/mol. The molecular formula is C40H63ClN5O10P. The molecule has 0 spiro atoms. The Morgan fingerprint density at radius 1 is 0.895 bits per heavy atom. The van der Waals surface area contributed by atoms with Crippen LogP contribution >= 0.6 is 19.4 Å². The lowest BCUT2D eigenvalue weighted by Crippen LogP contribution is -2.37. The number of nitriles is 1. The van der Waals surface area contributed by atoms with E-state index in [1.807, 2.05) is 0 Å². The first-order valence-electron chi connectivity index (χ1n) is 20.2. The lowest BCUT2D eigenvalue weighted by Gasteiger charge is -2.25. The van der Waals surface area contributed by atoms with Crippen LogP contribution in [0.3, 0.4) is 0 Å². The minimum absolute atomic E-state index is 0.0764. The SMILES string of the molecule is CCCCCCCCCCCCCCCCCCOC[C@H](COP(=O)(O)OC[C@@H](OC#N)[C@@H](O)[C@@H](O)c1ccc2c(N)ncnn12)OCc1ccc(OC)c(Cl)c1. The quantitative estimate of drug-likeness (QED) is 0.0258.